The highest BCUT2D eigenvalue weighted by Gasteiger charge is 2.05. The zero-order chi connectivity index (χ0) is 12.3. The van der Waals surface area contributed by atoms with Crippen LogP contribution in [0.5, 0.6) is 11.6 Å². The maximum atomic E-state index is 5.59. The van der Waals surface area contributed by atoms with Crippen LogP contribution in [-0.2, 0) is 7.05 Å². The summed E-state index contributed by atoms with van der Waals surface area (Å²) in [5.41, 5.74) is 5.59. The number of nitrogen functional groups attached to an aromatic ring is 1. The molecule has 0 saturated carbocycles. The van der Waals surface area contributed by atoms with Crippen molar-refractivity contribution in [1.29, 1.82) is 0 Å². The SMILES string of the molecule is CCNc1cc(Oc2cnn(C)c2)nc(N)n1. The van der Waals surface area contributed by atoms with Crippen molar-refractivity contribution in [1.82, 2.24) is 19.7 Å². The lowest BCUT2D eigenvalue weighted by Gasteiger charge is -2.06. The second kappa shape index (κ2) is 4.69. The Morgan fingerprint density at radius 3 is 2.94 bits per heavy atom. The van der Waals surface area contributed by atoms with E-state index in [4.69, 9.17) is 10.5 Å². The van der Waals surface area contributed by atoms with Gasteiger partial charge in [-0.25, -0.2) is 0 Å². The Hall–Kier alpha value is -2.31. The monoisotopic (exact) mass is 234 g/mol. The van der Waals surface area contributed by atoms with E-state index in [1.54, 1.807) is 23.1 Å². The third-order valence-electron chi connectivity index (χ3n) is 1.98. The van der Waals surface area contributed by atoms with Crippen LogP contribution in [-0.4, -0.2) is 26.3 Å². The maximum absolute atomic E-state index is 5.59. The van der Waals surface area contributed by atoms with Gasteiger partial charge in [0.25, 0.3) is 0 Å². The lowest BCUT2D eigenvalue weighted by atomic mass is 10.5. The highest BCUT2D eigenvalue weighted by atomic mass is 16.5. The van der Waals surface area contributed by atoms with Crippen LogP contribution in [0.2, 0.25) is 0 Å². The van der Waals surface area contributed by atoms with E-state index >= 15 is 0 Å². The highest BCUT2D eigenvalue weighted by molar-refractivity contribution is 5.43. The van der Waals surface area contributed by atoms with E-state index in [2.05, 4.69) is 20.4 Å². The smallest absolute Gasteiger partial charge is 0.226 e. The van der Waals surface area contributed by atoms with E-state index in [0.717, 1.165) is 6.54 Å². The van der Waals surface area contributed by atoms with Gasteiger partial charge in [0.05, 0.1) is 12.4 Å². The molecule has 7 heteroatoms. The quantitative estimate of drug-likeness (QED) is 0.820. The van der Waals surface area contributed by atoms with E-state index < -0.39 is 0 Å². The number of aryl methyl sites for hydroxylation is 1. The number of hydrogen-bond donors (Lipinski definition) is 2. The van der Waals surface area contributed by atoms with Crippen molar-refractivity contribution in [2.45, 2.75) is 6.92 Å². The first-order valence-corrected chi connectivity index (χ1v) is 5.22. The standard InChI is InChI=1S/C10H14N6O/c1-3-12-8-4-9(15-10(11)14-8)17-7-5-13-16(2)6-7/h4-6H,3H2,1-2H3,(H3,11,12,14,15). The van der Waals surface area contributed by atoms with Gasteiger partial charge in [0.2, 0.25) is 11.8 Å². The molecule has 7 nitrogen and oxygen atoms in total. The molecule has 0 aliphatic heterocycles. The molecule has 3 N–H and O–H groups in total. The van der Waals surface area contributed by atoms with Crippen LogP contribution >= 0.6 is 0 Å². The number of nitrogens with zero attached hydrogens (tertiary/aromatic N) is 4. The molecule has 0 atom stereocenters. The molecule has 0 unspecified atom stereocenters. The third-order valence-corrected chi connectivity index (χ3v) is 1.98. The molecule has 2 aromatic heterocycles. The topological polar surface area (TPSA) is 90.9 Å². The van der Waals surface area contributed by atoms with Gasteiger partial charge in [0.1, 0.15) is 5.82 Å². The molecule has 2 aromatic rings. The minimum Gasteiger partial charge on any atom is -0.435 e. The first-order valence-electron chi connectivity index (χ1n) is 5.22. The summed E-state index contributed by atoms with van der Waals surface area (Å²) in [6, 6.07) is 1.69. The Balaban J connectivity index is 2.20. The second-order valence-corrected chi connectivity index (χ2v) is 3.43. The van der Waals surface area contributed by atoms with Crippen LogP contribution in [0.25, 0.3) is 0 Å². The third kappa shape index (κ3) is 2.83. The Kier molecular flexibility index (Phi) is 3.08. The summed E-state index contributed by atoms with van der Waals surface area (Å²) in [6.07, 6.45) is 3.34. The van der Waals surface area contributed by atoms with Crippen molar-refractivity contribution in [3.05, 3.63) is 18.5 Å². The van der Waals surface area contributed by atoms with E-state index in [1.807, 2.05) is 14.0 Å². The average molecular weight is 234 g/mol. The Morgan fingerprint density at radius 2 is 2.29 bits per heavy atom. The number of rotatable bonds is 4. The fourth-order valence-electron chi connectivity index (χ4n) is 1.34. The summed E-state index contributed by atoms with van der Waals surface area (Å²) >= 11 is 0. The summed E-state index contributed by atoms with van der Waals surface area (Å²) in [4.78, 5) is 8.01. The summed E-state index contributed by atoms with van der Waals surface area (Å²) in [7, 11) is 1.81. The molecule has 0 fully saturated rings. The van der Waals surface area contributed by atoms with Gasteiger partial charge in [-0.15, -0.1) is 0 Å². The van der Waals surface area contributed by atoms with E-state index in [1.165, 1.54) is 0 Å². The zero-order valence-electron chi connectivity index (χ0n) is 9.71. The molecule has 90 valence electrons. The van der Waals surface area contributed by atoms with Crippen LogP contribution in [0.3, 0.4) is 0 Å². The van der Waals surface area contributed by atoms with Gasteiger partial charge < -0.3 is 15.8 Å². The number of hydrogen-bond acceptors (Lipinski definition) is 6. The molecule has 2 heterocycles. The van der Waals surface area contributed by atoms with Crippen molar-refractivity contribution in [3.8, 4) is 11.6 Å². The molecule has 0 aromatic carbocycles. The summed E-state index contributed by atoms with van der Waals surface area (Å²) < 4.78 is 7.16. The van der Waals surface area contributed by atoms with Gasteiger partial charge in [0.15, 0.2) is 5.75 Å². The minimum absolute atomic E-state index is 0.169. The number of nitrogens with one attached hydrogen (secondary N) is 1. The fraction of sp³-hybridized carbons (Fsp3) is 0.300. The molecule has 0 amide bonds. The van der Waals surface area contributed by atoms with Crippen LogP contribution in [0.4, 0.5) is 11.8 Å². The fourth-order valence-corrected chi connectivity index (χ4v) is 1.34. The maximum Gasteiger partial charge on any atom is 0.226 e. The van der Waals surface area contributed by atoms with Gasteiger partial charge in [-0.2, -0.15) is 15.1 Å². The normalized spacial score (nSPS) is 10.2. The molecule has 0 radical (unpaired) electrons. The van der Waals surface area contributed by atoms with E-state index in [0.29, 0.717) is 17.4 Å². The second-order valence-electron chi connectivity index (χ2n) is 3.43. The van der Waals surface area contributed by atoms with Crippen LogP contribution in [0.15, 0.2) is 18.5 Å². The molecule has 0 aliphatic rings. The Bertz CT molecular complexity index is 509. The molecule has 0 bridgehead atoms. The van der Waals surface area contributed by atoms with Crippen molar-refractivity contribution >= 4 is 11.8 Å². The Morgan fingerprint density at radius 1 is 1.47 bits per heavy atom. The molecular formula is C10H14N6O. The summed E-state index contributed by atoms with van der Waals surface area (Å²) in [5.74, 6) is 1.80. The van der Waals surface area contributed by atoms with Crippen molar-refractivity contribution in [2.75, 3.05) is 17.6 Å². The molecular weight excluding hydrogens is 220 g/mol. The summed E-state index contributed by atoms with van der Waals surface area (Å²) in [6.45, 7) is 2.72. The van der Waals surface area contributed by atoms with E-state index in [-0.39, 0.29) is 5.95 Å². The van der Waals surface area contributed by atoms with Crippen LogP contribution in [0.1, 0.15) is 6.92 Å². The number of nitrogens with two attached hydrogens (primary N) is 1. The van der Waals surface area contributed by atoms with Gasteiger partial charge in [-0.1, -0.05) is 0 Å². The molecule has 0 spiro atoms. The zero-order valence-corrected chi connectivity index (χ0v) is 9.71. The number of anilines is 2. The number of aromatic nitrogens is 4. The van der Waals surface area contributed by atoms with Crippen molar-refractivity contribution in [3.63, 3.8) is 0 Å². The number of ether oxygens (including phenoxy) is 1. The predicted octanol–water partition coefficient (Wildman–Crippen LogP) is 1.02. The lowest BCUT2D eigenvalue weighted by Crippen LogP contribution is -2.04. The minimum atomic E-state index is 0.169. The Labute approximate surface area is 98.6 Å². The predicted molar refractivity (Wildman–Crippen MR) is 63.9 cm³/mol. The van der Waals surface area contributed by atoms with Gasteiger partial charge in [0, 0.05) is 19.7 Å². The first kappa shape index (κ1) is 11.2. The van der Waals surface area contributed by atoms with Gasteiger partial charge in [-0.05, 0) is 6.92 Å². The van der Waals surface area contributed by atoms with Gasteiger partial charge in [-0.3, -0.25) is 4.68 Å². The summed E-state index contributed by atoms with van der Waals surface area (Å²) in [5, 5.41) is 7.04. The van der Waals surface area contributed by atoms with Crippen molar-refractivity contribution < 1.29 is 4.74 Å². The largest absolute Gasteiger partial charge is 0.435 e. The molecule has 2 rings (SSSR count). The first-order chi connectivity index (χ1) is 8.17. The molecule has 0 aliphatic carbocycles. The van der Waals surface area contributed by atoms with Gasteiger partial charge >= 0.3 is 0 Å². The average Bonchev–Trinajstić information content (AvgIpc) is 2.63. The lowest BCUT2D eigenvalue weighted by molar-refractivity contribution is 0.462. The molecule has 17 heavy (non-hydrogen) atoms. The van der Waals surface area contributed by atoms with Crippen LogP contribution in [0, 0.1) is 0 Å². The highest BCUT2D eigenvalue weighted by Crippen LogP contribution is 2.21. The van der Waals surface area contributed by atoms with Crippen LogP contribution < -0.4 is 15.8 Å². The van der Waals surface area contributed by atoms with E-state index in [9.17, 15) is 0 Å². The molecule has 0 saturated heterocycles. The van der Waals surface area contributed by atoms with Crippen molar-refractivity contribution in [2.24, 2.45) is 7.05 Å².